The van der Waals surface area contributed by atoms with Crippen LogP contribution in [0.25, 0.3) is 0 Å². The molecule has 0 saturated carbocycles. The molecule has 2 aromatic rings. The molecule has 5 heteroatoms. The number of rotatable bonds is 3. The lowest BCUT2D eigenvalue weighted by Crippen LogP contribution is -2.39. The number of carbonyl (C=O) groups excluding carboxylic acids is 1. The molecule has 0 saturated heterocycles. The molecule has 1 N–H and O–H groups in total. The number of nitrogens with one attached hydrogen (secondary N) is 1. The van der Waals surface area contributed by atoms with Crippen LogP contribution in [-0.4, -0.2) is 24.7 Å². The summed E-state index contributed by atoms with van der Waals surface area (Å²) in [5, 5.41) is 3.10. The third-order valence-corrected chi connectivity index (χ3v) is 4.69. The minimum Gasteiger partial charge on any atom is -0.376 e. The maximum Gasteiger partial charge on any atom is 0.246 e. The van der Waals surface area contributed by atoms with Crippen LogP contribution in [0.2, 0.25) is 0 Å². The summed E-state index contributed by atoms with van der Waals surface area (Å²) in [6.45, 7) is 2.73. The molecule has 2 aromatic carbocycles. The number of hydrogen-bond donors (Lipinski definition) is 1. The highest BCUT2D eigenvalue weighted by Gasteiger charge is 2.22. The van der Waals surface area contributed by atoms with E-state index in [1.807, 2.05) is 36.1 Å². The Kier molecular flexibility index (Phi) is 4.34. The summed E-state index contributed by atoms with van der Waals surface area (Å²) < 4.78 is 13.1. The van der Waals surface area contributed by atoms with Crippen molar-refractivity contribution in [3.05, 3.63) is 53.8 Å². The Bertz CT molecular complexity index is 705. The molecule has 0 aromatic heterocycles. The van der Waals surface area contributed by atoms with Crippen LogP contribution < -0.4 is 10.2 Å². The molecule has 1 aliphatic rings. The average Bonchev–Trinajstić information content (AvgIpc) is 2.53. The lowest BCUT2D eigenvalue weighted by atomic mass is 10.2. The van der Waals surface area contributed by atoms with Gasteiger partial charge in [-0.2, -0.15) is 0 Å². The SMILES string of the molecule is Cc1cc(F)ccc1NCC(=O)N1CCSc2ccccc21. The Morgan fingerprint density at radius 1 is 1.32 bits per heavy atom. The number of nitrogens with zero attached hydrogens (tertiary/aromatic N) is 1. The van der Waals surface area contributed by atoms with Gasteiger partial charge in [0.15, 0.2) is 0 Å². The average molecular weight is 316 g/mol. The third-order valence-electron chi connectivity index (χ3n) is 3.65. The fourth-order valence-corrected chi connectivity index (χ4v) is 3.51. The highest BCUT2D eigenvalue weighted by atomic mass is 32.2. The van der Waals surface area contributed by atoms with Gasteiger partial charge in [0.25, 0.3) is 0 Å². The second-order valence-electron chi connectivity index (χ2n) is 5.17. The molecular weight excluding hydrogens is 299 g/mol. The molecule has 1 aliphatic heterocycles. The maximum absolute atomic E-state index is 13.1. The summed E-state index contributed by atoms with van der Waals surface area (Å²) in [5.41, 5.74) is 2.55. The highest BCUT2D eigenvalue weighted by molar-refractivity contribution is 7.99. The van der Waals surface area contributed by atoms with Gasteiger partial charge in [-0.15, -0.1) is 11.8 Å². The molecule has 3 rings (SSSR count). The van der Waals surface area contributed by atoms with Gasteiger partial charge in [-0.25, -0.2) is 4.39 Å². The van der Waals surface area contributed by atoms with Crippen LogP contribution >= 0.6 is 11.8 Å². The maximum atomic E-state index is 13.1. The number of carbonyl (C=O) groups is 1. The molecule has 1 heterocycles. The fraction of sp³-hybridized carbons (Fsp3) is 0.235. The molecule has 0 aliphatic carbocycles. The molecule has 0 atom stereocenters. The number of fused-ring (bicyclic) bond motifs is 1. The van der Waals surface area contributed by atoms with Crippen molar-refractivity contribution >= 4 is 29.0 Å². The third kappa shape index (κ3) is 3.09. The topological polar surface area (TPSA) is 32.3 Å². The highest BCUT2D eigenvalue weighted by Crippen LogP contribution is 2.34. The van der Waals surface area contributed by atoms with Crippen LogP contribution in [0.5, 0.6) is 0 Å². The van der Waals surface area contributed by atoms with Gasteiger partial charge in [0.2, 0.25) is 5.91 Å². The lowest BCUT2D eigenvalue weighted by Gasteiger charge is -2.29. The summed E-state index contributed by atoms with van der Waals surface area (Å²) in [6, 6.07) is 12.5. The summed E-state index contributed by atoms with van der Waals surface area (Å²) in [4.78, 5) is 15.4. The molecule has 1 amide bonds. The van der Waals surface area contributed by atoms with Gasteiger partial charge in [-0.3, -0.25) is 4.79 Å². The van der Waals surface area contributed by atoms with Crippen molar-refractivity contribution in [2.45, 2.75) is 11.8 Å². The van der Waals surface area contributed by atoms with Crippen molar-refractivity contribution in [1.29, 1.82) is 0 Å². The van der Waals surface area contributed by atoms with E-state index in [0.29, 0.717) is 6.54 Å². The smallest absolute Gasteiger partial charge is 0.246 e. The first kappa shape index (κ1) is 14.9. The first-order chi connectivity index (χ1) is 10.6. The second-order valence-corrected chi connectivity index (χ2v) is 6.31. The molecule has 0 fully saturated rings. The number of thioether (sulfide) groups is 1. The van der Waals surface area contributed by atoms with E-state index in [1.54, 1.807) is 17.8 Å². The van der Waals surface area contributed by atoms with Gasteiger partial charge >= 0.3 is 0 Å². The van der Waals surface area contributed by atoms with Crippen molar-refractivity contribution in [3.8, 4) is 0 Å². The fourth-order valence-electron chi connectivity index (χ4n) is 2.52. The van der Waals surface area contributed by atoms with Crippen LogP contribution in [0.1, 0.15) is 5.56 Å². The largest absolute Gasteiger partial charge is 0.376 e. The number of para-hydroxylation sites is 1. The molecule has 0 radical (unpaired) electrons. The number of hydrogen-bond acceptors (Lipinski definition) is 3. The van der Waals surface area contributed by atoms with Crippen molar-refractivity contribution in [1.82, 2.24) is 0 Å². The summed E-state index contributed by atoms with van der Waals surface area (Å²) >= 11 is 1.77. The zero-order valence-corrected chi connectivity index (χ0v) is 13.1. The van der Waals surface area contributed by atoms with E-state index in [2.05, 4.69) is 5.32 Å². The zero-order chi connectivity index (χ0) is 15.5. The van der Waals surface area contributed by atoms with Crippen LogP contribution in [0.15, 0.2) is 47.4 Å². The van der Waals surface area contributed by atoms with Crippen molar-refractivity contribution in [2.75, 3.05) is 29.1 Å². The number of amides is 1. The quantitative estimate of drug-likeness (QED) is 0.937. The van der Waals surface area contributed by atoms with Crippen LogP contribution in [0.3, 0.4) is 0 Å². The van der Waals surface area contributed by atoms with E-state index in [0.717, 1.165) is 27.6 Å². The van der Waals surface area contributed by atoms with Gasteiger partial charge in [-0.1, -0.05) is 12.1 Å². The zero-order valence-electron chi connectivity index (χ0n) is 12.3. The van der Waals surface area contributed by atoms with Crippen molar-refractivity contribution < 1.29 is 9.18 Å². The Morgan fingerprint density at radius 3 is 2.95 bits per heavy atom. The number of benzene rings is 2. The van der Waals surface area contributed by atoms with Gasteiger partial charge < -0.3 is 10.2 Å². The predicted octanol–water partition coefficient (Wildman–Crippen LogP) is 3.68. The summed E-state index contributed by atoms with van der Waals surface area (Å²) in [6.07, 6.45) is 0. The van der Waals surface area contributed by atoms with E-state index in [-0.39, 0.29) is 18.3 Å². The standard InChI is InChI=1S/C17H17FN2OS/c1-12-10-13(18)6-7-14(12)19-11-17(21)20-8-9-22-16-5-3-2-4-15(16)20/h2-7,10,19H,8-9,11H2,1H3. The molecule has 3 nitrogen and oxygen atoms in total. The Balaban J connectivity index is 1.70. The van der Waals surface area contributed by atoms with Gasteiger partial charge in [-0.05, 0) is 42.8 Å². The summed E-state index contributed by atoms with van der Waals surface area (Å²) in [7, 11) is 0. The first-order valence-electron chi connectivity index (χ1n) is 7.17. The first-order valence-corrected chi connectivity index (χ1v) is 8.16. The van der Waals surface area contributed by atoms with Crippen LogP contribution in [-0.2, 0) is 4.79 Å². The normalized spacial score (nSPS) is 13.6. The number of anilines is 2. The monoisotopic (exact) mass is 316 g/mol. The van der Waals surface area contributed by atoms with E-state index in [4.69, 9.17) is 0 Å². The molecular formula is C17H17FN2OS. The van der Waals surface area contributed by atoms with Crippen molar-refractivity contribution in [3.63, 3.8) is 0 Å². The van der Waals surface area contributed by atoms with Crippen LogP contribution in [0.4, 0.5) is 15.8 Å². The Labute approximate surface area is 133 Å². The predicted molar refractivity (Wildman–Crippen MR) is 89.1 cm³/mol. The van der Waals surface area contributed by atoms with Crippen LogP contribution in [0, 0.1) is 12.7 Å². The van der Waals surface area contributed by atoms with E-state index in [9.17, 15) is 9.18 Å². The van der Waals surface area contributed by atoms with Gasteiger partial charge in [0.05, 0.1) is 12.2 Å². The van der Waals surface area contributed by atoms with E-state index in [1.165, 1.54) is 12.1 Å². The minimum absolute atomic E-state index is 0.0245. The number of aryl methyl sites for hydroxylation is 1. The Hall–Kier alpha value is -2.01. The second kappa shape index (κ2) is 6.40. The van der Waals surface area contributed by atoms with E-state index >= 15 is 0 Å². The minimum atomic E-state index is -0.267. The molecule has 114 valence electrons. The van der Waals surface area contributed by atoms with Gasteiger partial charge in [0, 0.05) is 22.9 Å². The lowest BCUT2D eigenvalue weighted by molar-refractivity contribution is -0.117. The van der Waals surface area contributed by atoms with E-state index < -0.39 is 0 Å². The molecule has 22 heavy (non-hydrogen) atoms. The molecule has 0 bridgehead atoms. The Morgan fingerprint density at radius 2 is 2.14 bits per heavy atom. The molecule has 0 unspecified atom stereocenters. The van der Waals surface area contributed by atoms with Gasteiger partial charge in [0.1, 0.15) is 5.82 Å². The molecule has 0 spiro atoms. The summed E-state index contributed by atoms with van der Waals surface area (Å²) in [5.74, 6) is 0.658. The van der Waals surface area contributed by atoms with Crippen molar-refractivity contribution in [2.24, 2.45) is 0 Å². The number of halogens is 1.